The Kier molecular flexibility index (Phi) is 7.88. The number of ether oxygens (including phenoxy) is 1. The van der Waals surface area contributed by atoms with Gasteiger partial charge in [-0.05, 0) is 62.3 Å². The smallest absolute Gasteiger partial charge is 0.277 e. The third-order valence-corrected chi connectivity index (χ3v) is 6.55. The van der Waals surface area contributed by atoms with Crippen LogP contribution < -0.4 is 10.1 Å². The maximum absolute atomic E-state index is 13.0. The summed E-state index contributed by atoms with van der Waals surface area (Å²) >= 11 is 3.83. The number of likely N-dealkylation sites (N-methyl/N-ethyl adjacent to an activating group) is 1. The van der Waals surface area contributed by atoms with Gasteiger partial charge in [0.15, 0.2) is 5.16 Å². The summed E-state index contributed by atoms with van der Waals surface area (Å²) in [4.78, 5) is 29.4. The van der Waals surface area contributed by atoms with Crippen molar-refractivity contribution in [2.45, 2.75) is 20.0 Å². The Morgan fingerprint density at radius 2 is 1.97 bits per heavy atom. The van der Waals surface area contributed by atoms with Crippen LogP contribution in [0.2, 0.25) is 0 Å². The number of nitrogens with one attached hydrogen (secondary N) is 2. The van der Waals surface area contributed by atoms with Gasteiger partial charge in [0.2, 0.25) is 5.13 Å². The van der Waals surface area contributed by atoms with E-state index >= 15 is 0 Å². The first-order chi connectivity index (χ1) is 16.1. The van der Waals surface area contributed by atoms with Gasteiger partial charge in [0.05, 0.1) is 0 Å². The number of rotatable bonds is 10. The van der Waals surface area contributed by atoms with E-state index in [0.717, 1.165) is 28.7 Å². The van der Waals surface area contributed by atoms with Crippen LogP contribution in [0.25, 0.3) is 0 Å². The van der Waals surface area contributed by atoms with Crippen LogP contribution in [0.1, 0.15) is 10.5 Å². The van der Waals surface area contributed by atoms with Gasteiger partial charge in [-0.15, -0.1) is 0 Å². The van der Waals surface area contributed by atoms with Crippen molar-refractivity contribution >= 4 is 46.1 Å². The Labute approximate surface area is 202 Å². The van der Waals surface area contributed by atoms with Crippen molar-refractivity contribution in [3.8, 4) is 5.75 Å². The van der Waals surface area contributed by atoms with E-state index < -0.39 is 0 Å². The maximum Gasteiger partial charge on any atom is 0.277 e. The summed E-state index contributed by atoms with van der Waals surface area (Å²) in [6, 6.07) is 11.5. The molecular weight excluding hydrogens is 480 g/mol. The van der Waals surface area contributed by atoms with Gasteiger partial charge in [-0.3, -0.25) is 15.2 Å². The second kappa shape index (κ2) is 11.2. The summed E-state index contributed by atoms with van der Waals surface area (Å²) in [5, 5.41) is 11.0. The van der Waals surface area contributed by atoms with Crippen molar-refractivity contribution in [3.63, 3.8) is 0 Å². The highest BCUT2D eigenvalue weighted by atomic mass is 32.2. The summed E-state index contributed by atoms with van der Waals surface area (Å²) < 4.78 is 9.67. The van der Waals surface area contributed by atoms with E-state index in [9.17, 15) is 4.79 Å². The average molecular weight is 501 g/mol. The summed E-state index contributed by atoms with van der Waals surface area (Å²) in [7, 11) is 4.01. The summed E-state index contributed by atoms with van der Waals surface area (Å²) in [5.74, 6) is 0.435. The molecule has 13 heteroatoms. The quantitative estimate of drug-likeness (QED) is 0.334. The zero-order valence-electron chi connectivity index (χ0n) is 17.8. The van der Waals surface area contributed by atoms with Gasteiger partial charge in [0.25, 0.3) is 5.91 Å². The highest BCUT2D eigenvalue weighted by molar-refractivity contribution is 7.99. The number of anilines is 1. The number of hydrogen-bond acceptors (Lipinski definition) is 11. The van der Waals surface area contributed by atoms with Gasteiger partial charge < -0.3 is 9.64 Å². The Morgan fingerprint density at radius 3 is 2.67 bits per heavy atom. The standard InChI is InChI=1S/C20H20N8O2S3/c1-28(2)9-10-30-13-3-5-14(6-4-13)31-15-7-8-16(32-20-21-11-23-27-20)25-17(15)18(29)26-19-22-12-24-33-19/h3-8,11-12H,9-10H2,1-2H3,(H,21,23,27)(H,22,24,26,29). The van der Waals surface area contributed by atoms with E-state index in [1.165, 1.54) is 36.2 Å². The number of carbonyl (C=O) groups is 1. The van der Waals surface area contributed by atoms with Crippen LogP contribution in [0.5, 0.6) is 5.75 Å². The van der Waals surface area contributed by atoms with Crippen molar-refractivity contribution in [2.75, 3.05) is 32.6 Å². The summed E-state index contributed by atoms with van der Waals surface area (Å²) in [5.41, 5.74) is 0.283. The van der Waals surface area contributed by atoms with E-state index in [-0.39, 0.29) is 11.6 Å². The Hall–Kier alpha value is -3.00. The molecule has 3 aromatic heterocycles. The lowest BCUT2D eigenvalue weighted by Crippen LogP contribution is -2.19. The zero-order chi connectivity index (χ0) is 23.0. The second-order valence-corrected chi connectivity index (χ2v) is 9.72. The third kappa shape index (κ3) is 6.74. The Bertz CT molecular complexity index is 1170. The SMILES string of the molecule is CN(C)CCOc1ccc(Sc2ccc(Sc3ncn[nH]3)nc2C(=O)Nc2ncns2)cc1. The Balaban J connectivity index is 1.52. The summed E-state index contributed by atoms with van der Waals surface area (Å²) in [6.45, 7) is 1.46. The normalized spacial score (nSPS) is 11.0. The van der Waals surface area contributed by atoms with E-state index in [1.54, 1.807) is 0 Å². The van der Waals surface area contributed by atoms with Crippen LogP contribution in [0.15, 0.2) is 69.0 Å². The molecule has 2 N–H and O–H groups in total. The fraction of sp³-hybridized carbons (Fsp3) is 0.200. The van der Waals surface area contributed by atoms with Crippen molar-refractivity contribution in [1.29, 1.82) is 0 Å². The molecule has 0 radical (unpaired) electrons. The first-order valence-corrected chi connectivity index (χ1v) is 12.2. The molecule has 1 amide bonds. The highest BCUT2D eigenvalue weighted by Crippen LogP contribution is 2.33. The number of amides is 1. The van der Waals surface area contributed by atoms with Crippen LogP contribution in [0, 0.1) is 0 Å². The molecule has 0 aliphatic heterocycles. The van der Waals surface area contributed by atoms with Gasteiger partial charge in [-0.2, -0.15) is 9.47 Å². The first kappa shape index (κ1) is 23.2. The Morgan fingerprint density at radius 1 is 1.12 bits per heavy atom. The van der Waals surface area contributed by atoms with Crippen molar-refractivity contribution in [3.05, 3.63) is 54.7 Å². The van der Waals surface area contributed by atoms with E-state index in [0.29, 0.717) is 26.8 Å². The molecule has 0 aliphatic rings. The lowest BCUT2D eigenvalue weighted by atomic mass is 10.3. The van der Waals surface area contributed by atoms with Gasteiger partial charge >= 0.3 is 0 Å². The van der Waals surface area contributed by atoms with Gasteiger partial charge in [-0.1, -0.05) is 11.8 Å². The molecule has 0 fully saturated rings. The monoisotopic (exact) mass is 500 g/mol. The molecule has 1 aromatic carbocycles. The van der Waals surface area contributed by atoms with Crippen LogP contribution in [-0.4, -0.2) is 67.6 Å². The van der Waals surface area contributed by atoms with Crippen molar-refractivity contribution in [2.24, 2.45) is 0 Å². The van der Waals surface area contributed by atoms with Crippen LogP contribution >= 0.6 is 35.1 Å². The number of carbonyl (C=O) groups excluding carboxylic acids is 1. The van der Waals surface area contributed by atoms with Gasteiger partial charge in [0.1, 0.15) is 35.7 Å². The minimum atomic E-state index is -0.363. The summed E-state index contributed by atoms with van der Waals surface area (Å²) in [6.07, 6.45) is 2.81. The molecule has 170 valence electrons. The van der Waals surface area contributed by atoms with E-state index in [1.807, 2.05) is 50.5 Å². The number of H-pyrrole nitrogens is 1. The minimum absolute atomic E-state index is 0.283. The maximum atomic E-state index is 13.0. The second-order valence-electron chi connectivity index (χ2n) is 6.81. The predicted molar refractivity (Wildman–Crippen MR) is 127 cm³/mol. The van der Waals surface area contributed by atoms with Crippen molar-refractivity contribution in [1.82, 2.24) is 34.4 Å². The predicted octanol–water partition coefficient (Wildman–Crippen LogP) is 3.55. The molecule has 4 aromatic rings. The lowest BCUT2D eigenvalue weighted by Gasteiger charge is -2.12. The first-order valence-electron chi connectivity index (χ1n) is 9.74. The molecule has 0 spiro atoms. The number of hydrogen-bond donors (Lipinski definition) is 2. The average Bonchev–Trinajstić information content (AvgIpc) is 3.50. The van der Waals surface area contributed by atoms with Gasteiger partial charge in [0, 0.05) is 27.9 Å². The van der Waals surface area contributed by atoms with Crippen LogP contribution in [0.3, 0.4) is 0 Å². The van der Waals surface area contributed by atoms with Gasteiger partial charge in [-0.25, -0.2) is 15.0 Å². The lowest BCUT2D eigenvalue weighted by molar-refractivity contribution is 0.101. The molecule has 0 aliphatic carbocycles. The molecule has 0 atom stereocenters. The minimum Gasteiger partial charge on any atom is -0.492 e. The molecule has 0 bridgehead atoms. The molecule has 10 nitrogen and oxygen atoms in total. The topological polar surface area (TPSA) is 122 Å². The number of nitrogens with zero attached hydrogens (tertiary/aromatic N) is 6. The highest BCUT2D eigenvalue weighted by Gasteiger charge is 2.18. The van der Waals surface area contributed by atoms with Crippen molar-refractivity contribution < 1.29 is 9.53 Å². The zero-order valence-corrected chi connectivity index (χ0v) is 20.2. The molecule has 3 heterocycles. The van der Waals surface area contributed by atoms with Crippen LogP contribution in [-0.2, 0) is 0 Å². The number of benzene rings is 1. The third-order valence-electron chi connectivity index (χ3n) is 4.08. The number of aromatic nitrogens is 6. The molecule has 0 unspecified atom stereocenters. The van der Waals surface area contributed by atoms with Crippen LogP contribution in [0.4, 0.5) is 5.13 Å². The fourth-order valence-electron chi connectivity index (χ4n) is 2.53. The largest absolute Gasteiger partial charge is 0.492 e. The molecule has 0 saturated heterocycles. The van der Waals surface area contributed by atoms with E-state index in [2.05, 4.69) is 39.7 Å². The molecule has 4 rings (SSSR count). The number of aromatic amines is 1. The molecular formula is C20H20N8O2S3. The molecule has 33 heavy (non-hydrogen) atoms. The number of pyridine rings is 1. The fourth-order valence-corrected chi connectivity index (χ4v) is 4.53. The van der Waals surface area contributed by atoms with E-state index in [4.69, 9.17) is 4.74 Å². The molecule has 0 saturated carbocycles.